The van der Waals surface area contributed by atoms with Gasteiger partial charge in [-0.05, 0) is 55.3 Å². The van der Waals surface area contributed by atoms with Crippen LogP contribution in [0.1, 0.15) is 27.2 Å². The number of ether oxygens (including phenoxy) is 1. The fraction of sp³-hybridized carbons (Fsp3) is 0.389. The maximum absolute atomic E-state index is 12.9. The number of fused-ring (bicyclic) bond motifs is 1. The summed E-state index contributed by atoms with van der Waals surface area (Å²) in [5.74, 6) is 0.320. The van der Waals surface area contributed by atoms with Crippen LogP contribution < -0.4 is 10.1 Å². The molecule has 0 radical (unpaired) electrons. The minimum absolute atomic E-state index is 0.301. The van der Waals surface area contributed by atoms with Gasteiger partial charge in [-0.25, -0.2) is 4.39 Å². The highest BCUT2D eigenvalue weighted by Gasteiger charge is 2.26. The second kappa shape index (κ2) is 7.30. The second-order valence-electron chi connectivity index (χ2n) is 6.17. The van der Waals surface area contributed by atoms with E-state index in [4.69, 9.17) is 4.74 Å². The van der Waals surface area contributed by atoms with Crippen molar-refractivity contribution in [3.63, 3.8) is 0 Å². The van der Waals surface area contributed by atoms with Crippen LogP contribution in [0.2, 0.25) is 0 Å². The Balaban J connectivity index is 2.16. The normalized spacial score (nSPS) is 12.9. The third-order valence-corrected chi connectivity index (χ3v) is 4.00. The van der Waals surface area contributed by atoms with Crippen LogP contribution in [0.5, 0.6) is 5.75 Å². The van der Waals surface area contributed by atoms with Crippen molar-refractivity contribution in [2.24, 2.45) is 0 Å². The van der Waals surface area contributed by atoms with E-state index in [0.717, 1.165) is 15.2 Å². The predicted octanol–water partition coefficient (Wildman–Crippen LogP) is 4.62. The van der Waals surface area contributed by atoms with Crippen molar-refractivity contribution in [2.75, 3.05) is 6.67 Å². The SMILES string of the molecule is CCC(Oc1ccc2ccc(Br)cc2c1)C(=O)NC(C)(C)CF. The number of benzene rings is 2. The number of halogens is 2. The van der Waals surface area contributed by atoms with E-state index < -0.39 is 18.3 Å². The van der Waals surface area contributed by atoms with Crippen molar-refractivity contribution >= 4 is 32.6 Å². The maximum Gasteiger partial charge on any atom is 0.261 e. The summed E-state index contributed by atoms with van der Waals surface area (Å²) >= 11 is 3.45. The van der Waals surface area contributed by atoms with E-state index in [2.05, 4.69) is 21.2 Å². The van der Waals surface area contributed by atoms with Crippen molar-refractivity contribution in [2.45, 2.75) is 38.8 Å². The molecule has 1 unspecified atom stereocenters. The molecule has 0 spiro atoms. The quantitative estimate of drug-likeness (QED) is 0.792. The lowest BCUT2D eigenvalue weighted by Crippen LogP contribution is -2.50. The number of carbonyl (C=O) groups excluding carboxylic acids is 1. The molecule has 2 aromatic rings. The van der Waals surface area contributed by atoms with E-state index in [1.807, 2.05) is 43.3 Å². The topological polar surface area (TPSA) is 38.3 Å². The van der Waals surface area contributed by atoms with Gasteiger partial charge in [-0.15, -0.1) is 0 Å². The maximum atomic E-state index is 12.9. The molecule has 1 amide bonds. The van der Waals surface area contributed by atoms with Crippen LogP contribution in [0.3, 0.4) is 0 Å². The molecule has 0 aliphatic rings. The molecule has 3 nitrogen and oxygen atoms in total. The van der Waals surface area contributed by atoms with Gasteiger partial charge in [-0.3, -0.25) is 4.79 Å². The molecule has 5 heteroatoms. The second-order valence-corrected chi connectivity index (χ2v) is 7.09. The zero-order valence-corrected chi connectivity index (χ0v) is 15.1. The van der Waals surface area contributed by atoms with Gasteiger partial charge in [0.1, 0.15) is 12.4 Å². The van der Waals surface area contributed by atoms with Crippen molar-refractivity contribution in [1.29, 1.82) is 0 Å². The molecule has 1 atom stereocenters. The Kier molecular flexibility index (Phi) is 5.63. The fourth-order valence-electron chi connectivity index (χ4n) is 2.20. The van der Waals surface area contributed by atoms with Gasteiger partial charge in [0.05, 0.1) is 5.54 Å². The summed E-state index contributed by atoms with van der Waals surface area (Å²) in [6.45, 7) is 4.53. The summed E-state index contributed by atoms with van der Waals surface area (Å²) in [7, 11) is 0. The van der Waals surface area contributed by atoms with Gasteiger partial charge in [0.25, 0.3) is 5.91 Å². The number of hydrogen-bond donors (Lipinski definition) is 1. The summed E-state index contributed by atoms with van der Waals surface area (Å²) in [5.41, 5.74) is -0.887. The van der Waals surface area contributed by atoms with Crippen LogP contribution >= 0.6 is 15.9 Å². The molecule has 124 valence electrons. The Morgan fingerprint density at radius 1 is 1.26 bits per heavy atom. The Labute approximate surface area is 144 Å². The zero-order chi connectivity index (χ0) is 17.0. The summed E-state index contributed by atoms with van der Waals surface area (Å²) in [5, 5.41) is 4.80. The van der Waals surface area contributed by atoms with Gasteiger partial charge >= 0.3 is 0 Å². The number of rotatable bonds is 6. The van der Waals surface area contributed by atoms with Crippen LogP contribution in [-0.2, 0) is 4.79 Å². The highest BCUT2D eigenvalue weighted by Crippen LogP contribution is 2.25. The molecule has 23 heavy (non-hydrogen) atoms. The van der Waals surface area contributed by atoms with Crippen LogP contribution in [-0.4, -0.2) is 24.2 Å². The first-order valence-electron chi connectivity index (χ1n) is 7.58. The lowest BCUT2D eigenvalue weighted by Gasteiger charge is -2.26. The highest BCUT2D eigenvalue weighted by molar-refractivity contribution is 9.10. The van der Waals surface area contributed by atoms with E-state index >= 15 is 0 Å². The number of carbonyl (C=O) groups is 1. The molecule has 2 aromatic carbocycles. The summed E-state index contributed by atoms with van der Waals surface area (Å²) in [4.78, 5) is 12.3. The Morgan fingerprint density at radius 3 is 2.61 bits per heavy atom. The molecule has 0 heterocycles. The van der Waals surface area contributed by atoms with E-state index in [0.29, 0.717) is 12.2 Å². The molecule has 1 N–H and O–H groups in total. The lowest BCUT2D eigenvalue weighted by atomic mass is 10.1. The first-order chi connectivity index (χ1) is 10.8. The molecule has 0 aliphatic heterocycles. The van der Waals surface area contributed by atoms with Gasteiger partial charge in [-0.2, -0.15) is 0 Å². The van der Waals surface area contributed by atoms with Crippen LogP contribution in [0, 0.1) is 0 Å². The molecule has 0 fully saturated rings. The monoisotopic (exact) mass is 381 g/mol. The van der Waals surface area contributed by atoms with Gasteiger partial charge in [-0.1, -0.05) is 35.0 Å². The summed E-state index contributed by atoms with van der Waals surface area (Å²) in [6, 6.07) is 11.7. The van der Waals surface area contributed by atoms with Crippen LogP contribution in [0.15, 0.2) is 40.9 Å². The standard InChI is InChI=1S/C18H21BrFNO2/c1-4-16(17(22)21-18(2,3)11-20)23-15-8-6-12-5-7-14(19)9-13(12)10-15/h5-10,16H,4,11H2,1-3H3,(H,21,22). The molecule has 0 bridgehead atoms. The largest absolute Gasteiger partial charge is 0.481 e. The van der Waals surface area contributed by atoms with E-state index in [-0.39, 0.29) is 5.91 Å². The summed E-state index contributed by atoms with van der Waals surface area (Å²) < 4.78 is 19.7. The van der Waals surface area contributed by atoms with Crippen molar-refractivity contribution in [3.8, 4) is 5.75 Å². The van der Waals surface area contributed by atoms with Gasteiger partial charge < -0.3 is 10.1 Å². The molecule has 0 saturated carbocycles. The fourth-order valence-corrected chi connectivity index (χ4v) is 2.58. The highest BCUT2D eigenvalue weighted by atomic mass is 79.9. The molecule has 2 rings (SSSR count). The van der Waals surface area contributed by atoms with Gasteiger partial charge in [0.15, 0.2) is 6.10 Å². The van der Waals surface area contributed by atoms with E-state index in [1.54, 1.807) is 13.8 Å². The Bertz CT molecular complexity index is 702. The first-order valence-corrected chi connectivity index (χ1v) is 8.38. The zero-order valence-electron chi connectivity index (χ0n) is 13.5. The number of nitrogens with one attached hydrogen (secondary N) is 1. The minimum atomic E-state index is -0.887. The number of alkyl halides is 1. The Hall–Kier alpha value is -1.62. The minimum Gasteiger partial charge on any atom is -0.481 e. The molecule has 0 aliphatic carbocycles. The van der Waals surface area contributed by atoms with Crippen LogP contribution in [0.25, 0.3) is 10.8 Å². The Morgan fingerprint density at radius 2 is 1.96 bits per heavy atom. The smallest absolute Gasteiger partial charge is 0.261 e. The van der Waals surface area contributed by atoms with Crippen LogP contribution in [0.4, 0.5) is 4.39 Å². The van der Waals surface area contributed by atoms with Crippen molar-refractivity contribution < 1.29 is 13.9 Å². The lowest BCUT2D eigenvalue weighted by molar-refractivity contribution is -0.130. The van der Waals surface area contributed by atoms with Crippen molar-refractivity contribution in [3.05, 3.63) is 40.9 Å². The third-order valence-electron chi connectivity index (χ3n) is 3.51. The first kappa shape index (κ1) is 17.7. The molecular weight excluding hydrogens is 361 g/mol. The molecule has 0 saturated heterocycles. The third kappa shape index (κ3) is 4.67. The van der Waals surface area contributed by atoms with E-state index in [1.165, 1.54) is 0 Å². The molecule has 0 aromatic heterocycles. The van der Waals surface area contributed by atoms with Gasteiger partial charge in [0.2, 0.25) is 0 Å². The number of amides is 1. The van der Waals surface area contributed by atoms with Gasteiger partial charge in [0, 0.05) is 4.47 Å². The average Bonchev–Trinajstić information content (AvgIpc) is 2.51. The summed E-state index contributed by atoms with van der Waals surface area (Å²) in [6.07, 6.45) is -0.143. The average molecular weight is 382 g/mol. The predicted molar refractivity (Wildman–Crippen MR) is 94.6 cm³/mol. The van der Waals surface area contributed by atoms with E-state index in [9.17, 15) is 9.18 Å². The van der Waals surface area contributed by atoms with Crippen molar-refractivity contribution in [1.82, 2.24) is 5.32 Å². The molecular formula is C18H21BrFNO2. The number of hydrogen-bond acceptors (Lipinski definition) is 2.